The van der Waals surface area contributed by atoms with Crippen molar-refractivity contribution in [2.45, 2.75) is 46.1 Å². The average molecular weight is 298 g/mol. The van der Waals surface area contributed by atoms with Gasteiger partial charge in [0.05, 0.1) is 6.20 Å². The van der Waals surface area contributed by atoms with Crippen LogP contribution in [0.15, 0.2) is 39.3 Å². The van der Waals surface area contributed by atoms with Crippen LogP contribution >= 0.6 is 0 Å². The van der Waals surface area contributed by atoms with E-state index in [1.807, 2.05) is 6.92 Å². The lowest BCUT2D eigenvalue weighted by molar-refractivity contribution is -0.0353. The minimum Gasteiger partial charge on any atom is -0.439 e. The molecule has 1 aliphatic carbocycles. The Hall–Kier alpha value is -1.88. The molecule has 0 spiro atoms. The van der Waals surface area contributed by atoms with E-state index < -0.39 is 0 Å². The van der Waals surface area contributed by atoms with Crippen LogP contribution in [0.5, 0.6) is 0 Å². The summed E-state index contributed by atoms with van der Waals surface area (Å²) in [6, 6.07) is 0. The average Bonchev–Trinajstić information content (AvgIpc) is 3.10. The quantitative estimate of drug-likeness (QED) is 0.859. The number of hydrazine groups is 1. The number of hydrogen-bond acceptors (Lipinski definition) is 5. The number of aromatic nitrogens is 1. The summed E-state index contributed by atoms with van der Waals surface area (Å²) in [5, 5.41) is 4.70. The van der Waals surface area contributed by atoms with Crippen LogP contribution in [0.2, 0.25) is 0 Å². The van der Waals surface area contributed by atoms with Crippen molar-refractivity contribution in [1.82, 2.24) is 15.0 Å². The van der Waals surface area contributed by atoms with Crippen LogP contribution in [0.25, 0.3) is 0 Å². The van der Waals surface area contributed by atoms with Crippen LogP contribution in [0.3, 0.4) is 0 Å². The highest BCUT2D eigenvalue weighted by Gasteiger charge is 2.46. The van der Waals surface area contributed by atoms with Crippen molar-refractivity contribution in [3.8, 4) is 0 Å². The third kappa shape index (κ3) is 2.03. The van der Waals surface area contributed by atoms with Gasteiger partial charge in [-0.05, 0) is 51.7 Å². The predicted octanol–water partition coefficient (Wildman–Crippen LogP) is 3.25. The molecule has 3 aliphatic rings. The van der Waals surface area contributed by atoms with E-state index in [4.69, 9.17) is 9.41 Å². The second kappa shape index (κ2) is 4.56. The summed E-state index contributed by atoms with van der Waals surface area (Å²) in [4.78, 5) is 8.94. The lowest BCUT2D eigenvalue weighted by atomic mass is 9.98. The van der Waals surface area contributed by atoms with Crippen molar-refractivity contribution in [1.29, 1.82) is 0 Å². The van der Waals surface area contributed by atoms with Crippen LogP contribution in [0.1, 0.15) is 45.3 Å². The topological polar surface area (TPSA) is 44.9 Å². The monoisotopic (exact) mass is 298 g/mol. The Balaban J connectivity index is 1.65. The Morgan fingerprint density at radius 2 is 2.05 bits per heavy atom. The second-order valence-electron chi connectivity index (χ2n) is 6.91. The number of allylic oxidation sites excluding steroid dienone is 2. The molecule has 22 heavy (non-hydrogen) atoms. The number of fused-ring (bicyclic) bond motifs is 1. The molecule has 0 radical (unpaired) electrons. The van der Waals surface area contributed by atoms with Gasteiger partial charge in [0.25, 0.3) is 0 Å². The van der Waals surface area contributed by atoms with Gasteiger partial charge in [-0.25, -0.2) is 15.0 Å². The van der Waals surface area contributed by atoms with E-state index in [0.29, 0.717) is 5.89 Å². The molecule has 0 N–H and O–H groups in total. The lowest BCUT2D eigenvalue weighted by Crippen LogP contribution is -2.52. The highest BCUT2D eigenvalue weighted by atomic mass is 16.4. The summed E-state index contributed by atoms with van der Waals surface area (Å²) in [5.41, 5.74) is 2.20. The van der Waals surface area contributed by atoms with E-state index >= 15 is 0 Å². The van der Waals surface area contributed by atoms with Gasteiger partial charge < -0.3 is 4.42 Å². The van der Waals surface area contributed by atoms with E-state index in [0.717, 1.165) is 29.8 Å². The molecular formula is C17H22N4O. The maximum atomic E-state index is 5.62. The van der Waals surface area contributed by atoms with Gasteiger partial charge in [0.1, 0.15) is 11.5 Å². The van der Waals surface area contributed by atoms with Crippen LogP contribution in [0, 0.1) is 12.8 Å². The minimum absolute atomic E-state index is 0.170. The van der Waals surface area contributed by atoms with Crippen molar-refractivity contribution in [3.63, 3.8) is 0 Å². The molecule has 1 aromatic rings. The fourth-order valence-corrected chi connectivity index (χ4v) is 3.44. The Labute approximate surface area is 131 Å². The van der Waals surface area contributed by atoms with Gasteiger partial charge >= 0.3 is 0 Å². The first-order valence-electron chi connectivity index (χ1n) is 7.94. The molecule has 3 heterocycles. The zero-order valence-corrected chi connectivity index (χ0v) is 13.6. The van der Waals surface area contributed by atoms with Crippen LogP contribution < -0.4 is 0 Å². The smallest absolute Gasteiger partial charge is 0.191 e. The predicted molar refractivity (Wildman–Crippen MR) is 85.0 cm³/mol. The third-order valence-corrected chi connectivity index (χ3v) is 4.94. The molecule has 2 aliphatic heterocycles. The molecular weight excluding hydrogens is 276 g/mol. The maximum absolute atomic E-state index is 5.62. The fraction of sp³-hybridized carbons (Fsp3) is 0.529. The zero-order chi connectivity index (χ0) is 15.5. The number of rotatable bonds is 3. The summed E-state index contributed by atoms with van der Waals surface area (Å²) >= 11 is 0. The summed E-state index contributed by atoms with van der Waals surface area (Å²) in [6.45, 7) is 9.58. The van der Waals surface area contributed by atoms with E-state index in [1.54, 1.807) is 6.20 Å². The number of hydrogen-bond donors (Lipinski definition) is 0. The van der Waals surface area contributed by atoms with Crippen molar-refractivity contribution >= 4 is 5.71 Å². The maximum Gasteiger partial charge on any atom is 0.191 e. The van der Waals surface area contributed by atoms with Crippen molar-refractivity contribution < 1.29 is 4.42 Å². The number of aliphatic imine (C=N–C) groups is 1. The molecule has 1 fully saturated rings. The molecule has 0 unspecified atom stereocenters. The van der Waals surface area contributed by atoms with Crippen LogP contribution in [-0.2, 0) is 0 Å². The lowest BCUT2D eigenvalue weighted by Gasteiger charge is -2.44. The molecule has 1 aromatic heterocycles. The Bertz CT molecular complexity index is 706. The normalized spacial score (nSPS) is 22.4. The van der Waals surface area contributed by atoms with Crippen molar-refractivity contribution in [2.24, 2.45) is 10.9 Å². The SMILES string of the molecule is CC1=CC(c2cnc(C)o2)=NC2=CCN(C(C)(C)C3CC3)N12. The van der Waals surface area contributed by atoms with E-state index in [-0.39, 0.29) is 5.54 Å². The van der Waals surface area contributed by atoms with Gasteiger partial charge in [-0.1, -0.05) is 0 Å². The van der Waals surface area contributed by atoms with E-state index in [2.05, 4.69) is 47.9 Å². The summed E-state index contributed by atoms with van der Waals surface area (Å²) in [7, 11) is 0. The first-order valence-corrected chi connectivity index (χ1v) is 7.94. The minimum atomic E-state index is 0.170. The molecule has 5 heteroatoms. The number of oxazole rings is 1. The molecule has 4 rings (SSSR count). The van der Waals surface area contributed by atoms with Gasteiger partial charge in [-0.15, -0.1) is 0 Å². The fourth-order valence-electron chi connectivity index (χ4n) is 3.44. The molecule has 0 saturated heterocycles. The van der Waals surface area contributed by atoms with E-state index in [9.17, 15) is 0 Å². The first kappa shape index (κ1) is 13.8. The van der Waals surface area contributed by atoms with Crippen molar-refractivity contribution in [3.05, 3.63) is 41.5 Å². The summed E-state index contributed by atoms with van der Waals surface area (Å²) in [5.74, 6) is 3.19. The zero-order valence-electron chi connectivity index (χ0n) is 13.6. The molecule has 5 nitrogen and oxygen atoms in total. The standard InChI is InChI=1S/C17H22N4O/c1-11-9-14(15-10-18-12(2)22-15)19-16-7-8-20(21(11)16)17(3,4)13-5-6-13/h7,9-10,13H,5-6,8H2,1-4H3. The first-order chi connectivity index (χ1) is 10.5. The molecule has 0 aromatic carbocycles. The summed E-state index contributed by atoms with van der Waals surface area (Å²) in [6.07, 6.45) is 8.69. The van der Waals surface area contributed by atoms with Crippen LogP contribution in [0.4, 0.5) is 0 Å². The van der Waals surface area contributed by atoms with Gasteiger partial charge in [-0.3, -0.25) is 5.01 Å². The second-order valence-corrected chi connectivity index (χ2v) is 6.91. The highest BCUT2D eigenvalue weighted by molar-refractivity contribution is 6.08. The molecule has 116 valence electrons. The van der Waals surface area contributed by atoms with Gasteiger partial charge in [0.15, 0.2) is 11.7 Å². The largest absolute Gasteiger partial charge is 0.439 e. The Morgan fingerprint density at radius 3 is 2.68 bits per heavy atom. The molecule has 0 atom stereocenters. The van der Waals surface area contributed by atoms with Gasteiger partial charge in [-0.2, -0.15) is 0 Å². The molecule has 1 saturated carbocycles. The Kier molecular flexibility index (Phi) is 2.85. The third-order valence-electron chi connectivity index (χ3n) is 4.94. The van der Waals surface area contributed by atoms with Crippen LogP contribution in [-0.4, -0.2) is 32.8 Å². The van der Waals surface area contributed by atoms with Crippen molar-refractivity contribution in [2.75, 3.05) is 6.54 Å². The molecule has 0 bridgehead atoms. The Morgan fingerprint density at radius 1 is 1.27 bits per heavy atom. The van der Waals surface area contributed by atoms with E-state index in [1.165, 1.54) is 18.5 Å². The van der Waals surface area contributed by atoms with Gasteiger partial charge in [0, 0.05) is 24.7 Å². The highest BCUT2D eigenvalue weighted by Crippen LogP contribution is 2.46. The number of nitrogens with zero attached hydrogens (tertiary/aromatic N) is 4. The molecule has 0 amide bonds. The van der Waals surface area contributed by atoms with Gasteiger partial charge in [0.2, 0.25) is 0 Å². The number of aryl methyl sites for hydroxylation is 1. The summed E-state index contributed by atoms with van der Waals surface area (Å²) < 4.78 is 5.62.